The molecule has 0 aromatic carbocycles. The van der Waals surface area contributed by atoms with Gasteiger partial charge in [-0.05, 0) is 24.0 Å². The lowest BCUT2D eigenvalue weighted by Crippen LogP contribution is -2.35. The zero-order valence-electron chi connectivity index (χ0n) is 11.9. The van der Waals surface area contributed by atoms with Crippen molar-refractivity contribution < 1.29 is 22.7 Å². The van der Waals surface area contributed by atoms with Crippen molar-refractivity contribution in [2.45, 2.75) is 33.4 Å². The van der Waals surface area contributed by atoms with E-state index in [2.05, 4.69) is 4.99 Å². The van der Waals surface area contributed by atoms with E-state index in [1.165, 1.54) is 15.7 Å². The molecule has 2 heterocycles. The first-order valence-electron chi connectivity index (χ1n) is 6.33. The molecule has 0 aliphatic heterocycles. The van der Waals surface area contributed by atoms with Crippen LogP contribution in [0.15, 0.2) is 29.4 Å². The van der Waals surface area contributed by atoms with Crippen LogP contribution in [0, 0.1) is 5.41 Å². The minimum atomic E-state index is -4.96. The normalized spacial score (nSPS) is 13.9. The van der Waals surface area contributed by atoms with Gasteiger partial charge in [0.05, 0.1) is 6.20 Å². The maximum atomic E-state index is 12.5. The lowest BCUT2D eigenvalue weighted by molar-refractivity contribution is -0.493. The highest BCUT2D eigenvalue weighted by Crippen LogP contribution is 2.32. The van der Waals surface area contributed by atoms with Gasteiger partial charge in [-0.15, -0.1) is 0 Å². The van der Waals surface area contributed by atoms with Crippen molar-refractivity contribution in [1.29, 1.82) is 0 Å². The number of hydrogen-bond acceptors (Lipinski definition) is 3. The van der Waals surface area contributed by atoms with Crippen molar-refractivity contribution in [3.8, 4) is 0 Å². The number of aliphatic imine (C=N–C) groups is 1. The molecule has 0 radical (unpaired) electrons. The molecule has 0 amide bonds. The SMILES string of the molecule is CC(C)(C)Cc1sc2cccc[n+]2c1/N=C(\[O-])C(F)(F)F. The van der Waals surface area contributed by atoms with Crippen LogP contribution in [0.2, 0.25) is 0 Å². The third-order valence-electron chi connectivity index (χ3n) is 2.67. The predicted molar refractivity (Wildman–Crippen MR) is 73.8 cm³/mol. The highest BCUT2D eigenvalue weighted by molar-refractivity contribution is 7.17. The zero-order valence-corrected chi connectivity index (χ0v) is 12.7. The van der Waals surface area contributed by atoms with Crippen molar-refractivity contribution in [1.82, 2.24) is 0 Å². The third kappa shape index (κ3) is 3.72. The van der Waals surface area contributed by atoms with Gasteiger partial charge in [0.1, 0.15) is 4.88 Å². The molecule has 7 heteroatoms. The molecule has 0 atom stereocenters. The van der Waals surface area contributed by atoms with Gasteiger partial charge in [-0.1, -0.05) is 43.2 Å². The molecule has 0 fully saturated rings. The van der Waals surface area contributed by atoms with Crippen LogP contribution < -0.4 is 9.51 Å². The summed E-state index contributed by atoms with van der Waals surface area (Å²) in [5.74, 6) is -2.00. The molecule has 0 aliphatic rings. The highest BCUT2D eigenvalue weighted by Gasteiger charge is 2.34. The van der Waals surface area contributed by atoms with Crippen LogP contribution in [0.3, 0.4) is 0 Å². The Labute approximate surface area is 124 Å². The fraction of sp³-hybridized carbons (Fsp3) is 0.429. The number of thiazole rings is 1. The molecule has 21 heavy (non-hydrogen) atoms. The summed E-state index contributed by atoms with van der Waals surface area (Å²) in [7, 11) is 0. The van der Waals surface area contributed by atoms with Crippen LogP contribution >= 0.6 is 11.3 Å². The lowest BCUT2D eigenvalue weighted by atomic mass is 9.91. The molecule has 2 rings (SSSR count). The molecule has 0 saturated carbocycles. The number of alkyl halides is 3. The first kappa shape index (κ1) is 15.8. The standard InChI is InChI=1S/C14H15F3N2OS/c1-13(2,3)8-9-11(18-12(20)14(15,16)17)19-7-5-4-6-10(19)21-9/h4-7H,8H2,1-3H3. The molecule has 0 spiro atoms. The topological polar surface area (TPSA) is 39.5 Å². The third-order valence-corrected chi connectivity index (χ3v) is 3.78. The van der Waals surface area contributed by atoms with Gasteiger partial charge < -0.3 is 5.11 Å². The van der Waals surface area contributed by atoms with E-state index in [0.717, 1.165) is 4.83 Å². The first-order valence-corrected chi connectivity index (χ1v) is 7.14. The second-order valence-corrected chi connectivity index (χ2v) is 7.03. The minimum absolute atomic E-state index is 0.0767. The summed E-state index contributed by atoms with van der Waals surface area (Å²) in [6.07, 6.45) is -2.80. The summed E-state index contributed by atoms with van der Waals surface area (Å²) >= 11 is 1.35. The number of aromatic nitrogens is 1. The summed E-state index contributed by atoms with van der Waals surface area (Å²) in [5, 5.41) is 11.2. The molecule has 0 saturated heterocycles. The summed E-state index contributed by atoms with van der Waals surface area (Å²) in [6.45, 7) is 5.95. The van der Waals surface area contributed by atoms with Gasteiger partial charge in [-0.25, -0.2) is 0 Å². The molecule has 2 aromatic heterocycles. The Balaban J connectivity index is 2.61. The Hall–Kier alpha value is -1.63. The minimum Gasteiger partial charge on any atom is -0.836 e. The second-order valence-electron chi connectivity index (χ2n) is 5.91. The Kier molecular flexibility index (Phi) is 3.97. The molecule has 0 unspecified atom stereocenters. The van der Waals surface area contributed by atoms with Crippen molar-refractivity contribution in [3.63, 3.8) is 0 Å². The van der Waals surface area contributed by atoms with E-state index in [9.17, 15) is 18.3 Å². The zero-order chi connectivity index (χ0) is 15.8. The van der Waals surface area contributed by atoms with Crippen LogP contribution in [0.4, 0.5) is 19.0 Å². The molecule has 0 aliphatic carbocycles. The van der Waals surface area contributed by atoms with Crippen LogP contribution in [-0.4, -0.2) is 12.1 Å². The van der Waals surface area contributed by atoms with Gasteiger partial charge in [0.15, 0.2) is 10.7 Å². The Bertz CT molecular complexity index is 684. The van der Waals surface area contributed by atoms with Crippen LogP contribution in [0.1, 0.15) is 25.6 Å². The van der Waals surface area contributed by atoms with E-state index in [4.69, 9.17) is 0 Å². The average Bonchev–Trinajstić information content (AvgIpc) is 2.64. The van der Waals surface area contributed by atoms with Gasteiger partial charge in [0.2, 0.25) is 0 Å². The van der Waals surface area contributed by atoms with Crippen molar-refractivity contribution in [2.75, 3.05) is 0 Å². The number of rotatable bonds is 2. The summed E-state index contributed by atoms with van der Waals surface area (Å²) in [4.78, 5) is 4.74. The molecular weight excluding hydrogens is 301 g/mol. The summed E-state index contributed by atoms with van der Waals surface area (Å²) in [5.41, 5.74) is -0.118. The van der Waals surface area contributed by atoms with Gasteiger partial charge in [-0.3, -0.25) is 0 Å². The van der Waals surface area contributed by atoms with Gasteiger partial charge >= 0.3 is 12.0 Å². The largest absolute Gasteiger partial charge is 0.836 e. The second kappa shape index (κ2) is 5.29. The summed E-state index contributed by atoms with van der Waals surface area (Å²) < 4.78 is 38.9. The lowest BCUT2D eigenvalue weighted by Gasteiger charge is -2.15. The number of hydrogen-bond donors (Lipinski definition) is 0. The summed E-state index contributed by atoms with van der Waals surface area (Å²) in [6, 6.07) is 5.27. The van der Waals surface area contributed by atoms with E-state index < -0.39 is 12.1 Å². The molecule has 114 valence electrons. The fourth-order valence-electron chi connectivity index (χ4n) is 1.86. The van der Waals surface area contributed by atoms with E-state index in [-0.39, 0.29) is 11.2 Å². The fourth-order valence-corrected chi connectivity index (χ4v) is 3.25. The molecule has 2 aromatic rings. The number of halogens is 3. The van der Waals surface area contributed by atoms with Gasteiger partial charge in [0.25, 0.3) is 0 Å². The number of pyridine rings is 1. The Morgan fingerprint density at radius 2 is 1.95 bits per heavy atom. The molecule has 0 bridgehead atoms. The van der Waals surface area contributed by atoms with Gasteiger partial charge in [0, 0.05) is 0 Å². The van der Waals surface area contributed by atoms with E-state index >= 15 is 0 Å². The number of nitrogens with zero attached hydrogens (tertiary/aromatic N) is 2. The van der Waals surface area contributed by atoms with Gasteiger partial charge in [-0.2, -0.15) is 17.6 Å². The monoisotopic (exact) mass is 316 g/mol. The van der Waals surface area contributed by atoms with Crippen molar-refractivity contribution in [2.24, 2.45) is 10.4 Å². The van der Waals surface area contributed by atoms with Crippen molar-refractivity contribution in [3.05, 3.63) is 29.3 Å². The van der Waals surface area contributed by atoms with E-state index in [1.807, 2.05) is 20.8 Å². The maximum Gasteiger partial charge on any atom is 0.443 e. The van der Waals surface area contributed by atoms with E-state index in [1.54, 1.807) is 24.4 Å². The van der Waals surface area contributed by atoms with Crippen LogP contribution in [-0.2, 0) is 6.42 Å². The van der Waals surface area contributed by atoms with Crippen LogP contribution in [0.5, 0.6) is 0 Å². The maximum absolute atomic E-state index is 12.5. The Morgan fingerprint density at radius 1 is 1.29 bits per heavy atom. The smallest absolute Gasteiger partial charge is 0.443 e. The predicted octanol–water partition coefficient (Wildman–Crippen LogP) is 3.03. The first-order chi connectivity index (χ1) is 9.58. The molecule has 0 N–H and O–H groups in total. The highest BCUT2D eigenvalue weighted by atomic mass is 32.1. The average molecular weight is 316 g/mol. The number of fused-ring (bicyclic) bond motifs is 1. The Morgan fingerprint density at radius 3 is 2.52 bits per heavy atom. The molecular formula is C14H15F3N2OS. The molecule has 3 nitrogen and oxygen atoms in total. The van der Waals surface area contributed by atoms with E-state index in [0.29, 0.717) is 11.3 Å². The van der Waals surface area contributed by atoms with Crippen LogP contribution in [0.25, 0.3) is 4.83 Å². The van der Waals surface area contributed by atoms with Crippen molar-refractivity contribution >= 4 is 27.9 Å². The quantitative estimate of drug-likeness (QED) is 0.477.